The van der Waals surface area contributed by atoms with Gasteiger partial charge < -0.3 is 18.9 Å². The number of methoxy groups -OCH3 is 1. The van der Waals surface area contributed by atoms with Crippen LogP contribution in [-0.2, 0) is 14.3 Å². The van der Waals surface area contributed by atoms with Crippen LogP contribution in [0.2, 0.25) is 0 Å². The molecule has 3 aliphatic heterocycles. The lowest BCUT2D eigenvalue weighted by molar-refractivity contribution is -0.144. The standard InChI is InChI=1S/C17H18O6/c1-4-16(15-9(2)8-12(18)21-15)17(23-16)14(19)13-10(20-3)6-5-7-11(13)22-17/h5-7,9,15H,4,8H2,1-3H3. The molecule has 0 bridgehead atoms. The molecule has 0 saturated carbocycles. The van der Waals surface area contributed by atoms with Crippen molar-refractivity contribution < 1.29 is 28.5 Å². The van der Waals surface area contributed by atoms with Gasteiger partial charge in [0.1, 0.15) is 23.2 Å². The number of hydrogen-bond donors (Lipinski definition) is 0. The Kier molecular flexibility index (Phi) is 2.82. The average Bonchev–Trinajstić information content (AvgIpc) is 2.93. The van der Waals surface area contributed by atoms with E-state index < -0.39 is 17.5 Å². The number of esters is 1. The number of Topliss-reactive ketones (excluding diaryl/α,β-unsaturated/α-hetero) is 1. The fourth-order valence-corrected chi connectivity index (χ4v) is 3.91. The Hall–Kier alpha value is -2.08. The molecule has 3 heterocycles. The van der Waals surface area contributed by atoms with Gasteiger partial charge in [-0.1, -0.05) is 19.9 Å². The van der Waals surface area contributed by atoms with E-state index >= 15 is 0 Å². The van der Waals surface area contributed by atoms with Gasteiger partial charge in [0.05, 0.1) is 13.5 Å². The maximum Gasteiger partial charge on any atom is 0.309 e. The van der Waals surface area contributed by atoms with Gasteiger partial charge in [-0.25, -0.2) is 0 Å². The molecule has 4 atom stereocenters. The molecule has 4 unspecified atom stereocenters. The minimum absolute atomic E-state index is 0.0242. The molecule has 0 aliphatic carbocycles. The van der Waals surface area contributed by atoms with Crippen LogP contribution in [0, 0.1) is 5.92 Å². The molecule has 6 nitrogen and oxygen atoms in total. The van der Waals surface area contributed by atoms with Gasteiger partial charge in [0.25, 0.3) is 0 Å². The van der Waals surface area contributed by atoms with Crippen LogP contribution < -0.4 is 9.47 Å². The van der Waals surface area contributed by atoms with Crippen molar-refractivity contribution in [3.05, 3.63) is 23.8 Å². The summed E-state index contributed by atoms with van der Waals surface area (Å²) in [4.78, 5) is 24.6. The number of epoxide rings is 1. The first-order valence-electron chi connectivity index (χ1n) is 7.79. The number of cyclic esters (lactones) is 1. The first-order valence-corrected chi connectivity index (χ1v) is 7.79. The molecule has 0 aromatic heterocycles. The van der Waals surface area contributed by atoms with E-state index in [0.29, 0.717) is 29.9 Å². The van der Waals surface area contributed by atoms with Gasteiger partial charge in [-0.15, -0.1) is 0 Å². The van der Waals surface area contributed by atoms with Crippen LogP contribution in [0.3, 0.4) is 0 Å². The summed E-state index contributed by atoms with van der Waals surface area (Å²) in [6, 6.07) is 5.20. The number of carbonyl (C=O) groups excluding carboxylic acids is 2. The van der Waals surface area contributed by atoms with E-state index in [9.17, 15) is 9.59 Å². The monoisotopic (exact) mass is 318 g/mol. The maximum absolute atomic E-state index is 13.0. The molecule has 23 heavy (non-hydrogen) atoms. The highest BCUT2D eigenvalue weighted by atomic mass is 16.8. The lowest BCUT2D eigenvalue weighted by Gasteiger charge is -2.22. The predicted octanol–water partition coefficient (Wildman–Crippen LogP) is 2.10. The van der Waals surface area contributed by atoms with E-state index in [0.717, 1.165) is 0 Å². The normalized spacial score (nSPS) is 37.5. The van der Waals surface area contributed by atoms with Gasteiger partial charge in [0, 0.05) is 5.92 Å². The Labute approximate surface area is 133 Å². The third-order valence-electron chi connectivity index (χ3n) is 5.08. The van der Waals surface area contributed by atoms with Crippen molar-refractivity contribution in [2.75, 3.05) is 7.11 Å². The molecule has 2 saturated heterocycles. The summed E-state index contributed by atoms with van der Waals surface area (Å²) in [6.07, 6.45) is 0.359. The van der Waals surface area contributed by atoms with E-state index in [-0.39, 0.29) is 17.7 Å². The average molecular weight is 318 g/mol. The van der Waals surface area contributed by atoms with Crippen molar-refractivity contribution in [2.45, 2.75) is 44.2 Å². The lowest BCUT2D eigenvalue weighted by Crippen LogP contribution is -2.44. The SMILES string of the molecule is CCC1(C2OC(=O)CC2C)OC12Oc1cccc(OC)c1C2=O. The number of ketones is 1. The zero-order valence-corrected chi connectivity index (χ0v) is 13.3. The second-order valence-electron chi connectivity index (χ2n) is 6.32. The molecule has 0 radical (unpaired) electrons. The first-order chi connectivity index (χ1) is 11.0. The highest BCUT2D eigenvalue weighted by Crippen LogP contribution is 2.62. The van der Waals surface area contributed by atoms with Crippen LogP contribution in [0.1, 0.15) is 37.0 Å². The van der Waals surface area contributed by atoms with Gasteiger partial charge in [-0.05, 0) is 18.6 Å². The summed E-state index contributed by atoms with van der Waals surface area (Å²) in [5.74, 6) is -1.04. The highest BCUT2D eigenvalue weighted by Gasteiger charge is 2.84. The van der Waals surface area contributed by atoms with Crippen LogP contribution in [0.4, 0.5) is 0 Å². The number of ether oxygens (including phenoxy) is 4. The molecule has 1 aromatic carbocycles. The molecule has 4 rings (SSSR count). The molecule has 0 amide bonds. The lowest BCUT2D eigenvalue weighted by atomic mass is 9.83. The number of fused-ring (bicyclic) bond motifs is 1. The quantitative estimate of drug-likeness (QED) is 0.627. The van der Waals surface area contributed by atoms with E-state index in [1.807, 2.05) is 13.8 Å². The van der Waals surface area contributed by atoms with Crippen molar-refractivity contribution in [1.29, 1.82) is 0 Å². The molecule has 1 spiro atoms. The summed E-state index contributed by atoms with van der Waals surface area (Å²) < 4.78 is 22.5. The minimum Gasteiger partial charge on any atom is -0.496 e. The van der Waals surface area contributed by atoms with Crippen LogP contribution in [0.5, 0.6) is 11.5 Å². The van der Waals surface area contributed by atoms with Crippen LogP contribution in [-0.4, -0.2) is 36.4 Å². The molecule has 3 aliphatic rings. The summed E-state index contributed by atoms with van der Waals surface area (Å²) >= 11 is 0. The molecular formula is C17H18O6. The summed E-state index contributed by atoms with van der Waals surface area (Å²) in [6.45, 7) is 3.83. The Morgan fingerprint density at radius 2 is 2.13 bits per heavy atom. The zero-order chi connectivity index (χ0) is 16.4. The number of hydrogen-bond acceptors (Lipinski definition) is 6. The Morgan fingerprint density at radius 1 is 1.35 bits per heavy atom. The van der Waals surface area contributed by atoms with Crippen LogP contribution >= 0.6 is 0 Å². The first kappa shape index (κ1) is 14.5. The molecule has 122 valence electrons. The molecular weight excluding hydrogens is 300 g/mol. The predicted molar refractivity (Wildman–Crippen MR) is 78.5 cm³/mol. The molecule has 0 N–H and O–H groups in total. The Morgan fingerprint density at radius 3 is 2.74 bits per heavy atom. The van der Waals surface area contributed by atoms with Gasteiger partial charge in [-0.3, -0.25) is 9.59 Å². The summed E-state index contributed by atoms with van der Waals surface area (Å²) in [5.41, 5.74) is -0.540. The highest BCUT2D eigenvalue weighted by molar-refractivity contribution is 6.11. The smallest absolute Gasteiger partial charge is 0.309 e. The van der Waals surface area contributed by atoms with Crippen molar-refractivity contribution >= 4 is 11.8 Å². The van der Waals surface area contributed by atoms with E-state index in [4.69, 9.17) is 18.9 Å². The largest absolute Gasteiger partial charge is 0.496 e. The Balaban J connectivity index is 1.75. The third kappa shape index (κ3) is 1.62. The van der Waals surface area contributed by atoms with E-state index in [1.54, 1.807) is 18.2 Å². The second kappa shape index (κ2) is 4.47. The van der Waals surface area contributed by atoms with Gasteiger partial charge >= 0.3 is 11.8 Å². The van der Waals surface area contributed by atoms with E-state index in [2.05, 4.69) is 0 Å². The number of rotatable bonds is 3. The fourth-order valence-electron chi connectivity index (χ4n) is 3.91. The topological polar surface area (TPSA) is 74.4 Å². The van der Waals surface area contributed by atoms with Gasteiger partial charge in [-0.2, -0.15) is 0 Å². The van der Waals surface area contributed by atoms with Gasteiger partial charge in [0.15, 0.2) is 5.60 Å². The third-order valence-corrected chi connectivity index (χ3v) is 5.08. The van der Waals surface area contributed by atoms with Crippen LogP contribution in [0.15, 0.2) is 18.2 Å². The summed E-state index contributed by atoms with van der Waals surface area (Å²) in [7, 11) is 1.51. The van der Waals surface area contributed by atoms with Crippen molar-refractivity contribution in [3.8, 4) is 11.5 Å². The molecule has 1 aromatic rings. The Bertz CT molecular complexity index is 713. The van der Waals surface area contributed by atoms with Crippen molar-refractivity contribution in [3.63, 3.8) is 0 Å². The van der Waals surface area contributed by atoms with Crippen molar-refractivity contribution in [2.24, 2.45) is 5.92 Å². The molecule has 6 heteroatoms. The zero-order valence-electron chi connectivity index (χ0n) is 13.3. The molecule has 2 fully saturated rings. The minimum atomic E-state index is -1.40. The summed E-state index contributed by atoms with van der Waals surface area (Å²) in [5, 5.41) is 0. The second-order valence-corrected chi connectivity index (χ2v) is 6.32. The van der Waals surface area contributed by atoms with Crippen LogP contribution in [0.25, 0.3) is 0 Å². The maximum atomic E-state index is 13.0. The van der Waals surface area contributed by atoms with Gasteiger partial charge in [0.2, 0.25) is 5.78 Å². The fraction of sp³-hybridized carbons (Fsp3) is 0.529. The van der Waals surface area contributed by atoms with Crippen molar-refractivity contribution in [1.82, 2.24) is 0 Å². The number of benzene rings is 1. The number of carbonyl (C=O) groups is 2. The van der Waals surface area contributed by atoms with E-state index in [1.165, 1.54) is 7.11 Å².